The number of hydrogen-bond acceptors (Lipinski definition) is 7. The highest BCUT2D eigenvalue weighted by Gasteiger charge is 2.30. The van der Waals surface area contributed by atoms with Gasteiger partial charge in [-0.2, -0.15) is 28.1 Å². The quantitative estimate of drug-likeness (QED) is 0.515. The number of aromatic nitrogens is 3. The molecule has 0 unspecified atom stereocenters. The van der Waals surface area contributed by atoms with Crippen molar-refractivity contribution in [2.75, 3.05) is 17.2 Å². The highest BCUT2D eigenvalue weighted by molar-refractivity contribution is 5.56. The predicted octanol–water partition coefficient (Wildman–Crippen LogP) is 4.61. The maximum atomic E-state index is 13.0. The van der Waals surface area contributed by atoms with E-state index in [1.807, 2.05) is 6.07 Å². The van der Waals surface area contributed by atoms with Crippen molar-refractivity contribution in [1.29, 1.82) is 0 Å². The number of nitrogens with zero attached hydrogens (tertiary/aromatic N) is 3. The lowest BCUT2D eigenvalue weighted by Crippen LogP contribution is -2.30. The number of nitrogens with one attached hydrogen (secondary N) is 2. The maximum absolute atomic E-state index is 13.0. The summed E-state index contributed by atoms with van der Waals surface area (Å²) in [6.07, 6.45) is -4.47. The molecule has 0 saturated heterocycles. The Hall–Kier alpha value is -3.40. The van der Waals surface area contributed by atoms with Crippen molar-refractivity contribution in [3.05, 3.63) is 60.2 Å². The van der Waals surface area contributed by atoms with Crippen LogP contribution in [0.15, 0.2) is 54.6 Å². The third-order valence-electron chi connectivity index (χ3n) is 3.69. The van der Waals surface area contributed by atoms with Crippen molar-refractivity contribution in [3.63, 3.8) is 0 Å². The Bertz CT molecular complexity index is 992. The molecule has 0 aliphatic heterocycles. The van der Waals surface area contributed by atoms with Gasteiger partial charge in [0.2, 0.25) is 11.9 Å². The monoisotopic (exact) mass is 419 g/mol. The number of rotatable bonds is 7. The molecule has 158 valence electrons. The molecule has 0 saturated carbocycles. The highest BCUT2D eigenvalue weighted by atomic mass is 19.4. The van der Waals surface area contributed by atoms with Crippen LogP contribution in [0.2, 0.25) is 0 Å². The zero-order chi connectivity index (χ0) is 21.8. The van der Waals surface area contributed by atoms with E-state index in [0.717, 1.165) is 12.1 Å². The first-order valence-corrected chi connectivity index (χ1v) is 8.98. The van der Waals surface area contributed by atoms with Gasteiger partial charge in [0.15, 0.2) is 0 Å². The second-order valence-electron chi connectivity index (χ2n) is 7.05. The van der Waals surface area contributed by atoms with E-state index in [1.54, 1.807) is 38.1 Å². The molecule has 0 spiro atoms. The summed E-state index contributed by atoms with van der Waals surface area (Å²) < 4.78 is 44.5. The minimum atomic E-state index is -4.47. The van der Waals surface area contributed by atoms with Gasteiger partial charge in [0.05, 0.1) is 11.2 Å². The highest BCUT2D eigenvalue weighted by Crippen LogP contribution is 2.31. The Morgan fingerprint density at radius 3 is 2.30 bits per heavy atom. The van der Waals surface area contributed by atoms with Crippen LogP contribution in [0.4, 0.5) is 30.8 Å². The summed E-state index contributed by atoms with van der Waals surface area (Å²) in [5.41, 5.74) is -1.69. The molecule has 30 heavy (non-hydrogen) atoms. The van der Waals surface area contributed by atoms with Crippen molar-refractivity contribution in [2.45, 2.75) is 25.6 Å². The smallest absolute Gasteiger partial charge is 0.416 e. The predicted molar refractivity (Wildman–Crippen MR) is 106 cm³/mol. The molecular formula is C20H20F3N5O2. The lowest BCUT2D eigenvalue weighted by molar-refractivity contribution is -0.137. The first-order chi connectivity index (χ1) is 14.1. The molecule has 3 N–H and O–H groups in total. The lowest BCUT2D eigenvalue weighted by atomic mass is 10.1. The third-order valence-corrected chi connectivity index (χ3v) is 3.69. The molecule has 0 fully saturated rings. The van der Waals surface area contributed by atoms with Crippen LogP contribution in [0.1, 0.15) is 19.4 Å². The van der Waals surface area contributed by atoms with Crippen molar-refractivity contribution in [1.82, 2.24) is 15.0 Å². The molecule has 3 rings (SSSR count). The molecule has 3 aromatic rings. The first kappa shape index (κ1) is 21.3. The number of halogens is 3. The van der Waals surface area contributed by atoms with Crippen LogP contribution in [0.25, 0.3) is 0 Å². The molecule has 0 radical (unpaired) electrons. The Balaban J connectivity index is 1.89. The Labute approximate surface area is 171 Å². The summed E-state index contributed by atoms with van der Waals surface area (Å²) in [6, 6.07) is 13.4. The minimum absolute atomic E-state index is 0.0199. The number of para-hydroxylation sites is 1. The molecule has 10 heteroatoms. The summed E-state index contributed by atoms with van der Waals surface area (Å²) in [7, 11) is 0. The summed E-state index contributed by atoms with van der Waals surface area (Å²) >= 11 is 0. The Morgan fingerprint density at radius 2 is 1.63 bits per heavy atom. The molecule has 7 nitrogen and oxygen atoms in total. The summed E-state index contributed by atoms with van der Waals surface area (Å²) in [5, 5.41) is 15.5. The second-order valence-corrected chi connectivity index (χ2v) is 7.05. The number of benzene rings is 2. The number of hydrogen-bond donors (Lipinski definition) is 3. The SMILES string of the molecule is CC(C)(O)CNc1nc(Nc2cccc(C(F)(F)F)c2)nc(Oc2ccccc2)n1. The molecule has 0 aliphatic carbocycles. The molecule has 0 aliphatic rings. The van der Waals surface area contributed by atoms with Gasteiger partial charge in [0, 0.05) is 12.2 Å². The van der Waals surface area contributed by atoms with Crippen LogP contribution in [-0.2, 0) is 6.18 Å². The summed E-state index contributed by atoms with van der Waals surface area (Å²) in [5.74, 6) is 0.545. The zero-order valence-corrected chi connectivity index (χ0v) is 16.2. The number of ether oxygens (including phenoxy) is 1. The van der Waals surface area contributed by atoms with Gasteiger partial charge < -0.3 is 20.5 Å². The molecule has 2 aromatic carbocycles. The van der Waals surface area contributed by atoms with E-state index in [2.05, 4.69) is 25.6 Å². The summed E-state index contributed by atoms with van der Waals surface area (Å²) in [6.45, 7) is 3.33. The molecule has 0 amide bonds. The van der Waals surface area contributed by atoms with E-state index < -0.39 is 17.3 Å². The fraction of sp³-hybridized carbons (Fsp3) is 0.250. The van der Waals surface area contributed by atoms with E-state index in [9.17, 15) is 18.3 Å². The maximum Gasteiger partial charge on any atom is 0.416 e. The molecule has 0 bridgehead atoms. The van der Waals surface area contributed by atoms with Crippen LogP contribution in [0, 0.1) is 0 Å². The number of alkyl halides is 3. The fourth-order valence-electron chi connectivity index (χ4n) is 2.33. The second kappa shape index (κ2) is 8.54. The van der Waals surface area contributed by atoms with Gasteiger partial charge in [-0.05, 0) is 44.2 Å². The van der Waals surface area contributed by atoms with Crippen molar-refractivity contribution < 1.29 is 23.0 Å². The van der Waals surface area contributed by atoms with Crippen LogP contribution >= 0.6 is 0 Å². The van der Waals surface area contributed by atoms with Crippen LogP contribution < -0.4 is 15.4 Å². The van der Waals surface area contributed by atoms with E-state index in [-0.39, 0.29) is 30.1 Å². The van der Waals surface area contributed by atoms with E-state index >= 15 is 0 Å². The van der Waals surface area contributed by atoms with Gasteiger partial charge in [0.1, 0.15) is 5.75 Å². The topological polar surface area (TPSA) is 92.2 Å². The van der Waals surface area contributed by atoms with E-state index in [0.29, 0.717) is 5.75 Å². The lowest BCUT2D eigenvalue weighted by Gasteiger charge is -2.18. The average molecular weight is 419 g/mol. The van der Waals surface area contributed by atoms with Crippen LogP contribution in [0.5, 0.6) is 11.8 Å². The normalized spacial score (nSPS) is 11.8. The Kier molecular flexibility index (Phi) is 6.06. The van der Waals surface area contributed by atoms with Gasteiger partial charge in [-0.1, -0.05) is 24.3 Å². The van der Waals surface area contributed by atoms with E-state index in [1.165, 1.54) is 12.1 Å². The molecule has 1 aromatic heterocycles. The Morgan fingerprint density at radius 1 is 0.933 bits per heavy atom. The van der Waals surface area contributed by atoms with Crippen LogP contribution in [0.3, 0.4) is 0 Å². The average Bonchev–Trinajstić information content (AvgIpc) is 2.66. The van der Waals surface area contributed by atoms with Crippen LogP contribution in [-0.4, -0.2) is 32.2 Å². The van der Waals surface area contributed by atoms with Gasteiger partial charge >= 0.3 is 12.2 Å². The third kappa shape index (κ3) is 6.31. The number of anilines is 3. The first-order valence-electron chi connectivity index (χ1n) is 8.98. The van der Waals surface area contributed by atoms with Gasteiger partial charge in [-0.15, -0.1) is 0 Å². The van der Waals surface area contributed by atoms with Gasteiger partial charge in [-0.3, -0.25) is 0 Å². The zero-order valence-electron chi connectivity index (χ0n) is 16.2. The standard InChI is InChI=1S/C20H20F3N5O2/c1-19(2,29)12-24-16-26-17(25-14-8-6-7-13(11-14)20(21,22)23)28-18(27-16)30-15-9-4-3-5-10-15/h3-11,29H,12H2,1-2H3,(H2,24,25,26,27,28). The fourth-order valence-corrected chi connectivity index (χ4v) is 2.33. The minimum Gasteiger partial charge on any atom is -0.424 e. The van der Waals surface area contributed by atoms with Crippen molar-refractivity contribution in [2.24, 2.45) is 0 Å². The molecule has 1 heterocycles. The molecule has 0 atom stereocenters. The van der Waals surface area contributed by atoms with Crippen molar-refractivity contribution in [3.8, 4) is 11.8 Å². The van der Waals surface area contributed by atoms with Gasteiger partial charge in [-0.25, -0.2) is 0 Å². The molecular weight excluding hydrogens is 399 g/mol. The van der Waals surface area contributed by atoms with E-state index in [4.69, 9.17) is 4.74 Å². The van der Waals surface area contributed by atoms with Crippen molar-refractivity contribution >= 4 is 17.6 Å². The van der Waals surface area contributed by atoms with Gasteiger partial charge in [0.25, 0.3) is 0 Å². The number of aliphatic hydroxyl groups is 1. The largest absolute Gasteiger partial charge is 0.424 e. The summed E-state index contributed by atoms with van der Waals surface area (Å²) in [4.78, 5) is 12.4.